The first-order chi connectivity index (χ1) is 13.2. The van der Waals surface area contributed by atoms with E-state index in [2.05, 4.69) is 32.0 Å². The third-order valence-corrected chi connectivity index (χ3v) is 5.79. The number of carbonyl (C=O) groups excluding carboxylic acids is 1. The van der Waals surface area contributed by atoms with Crippen molar-refractivity contribution in [1.82, 2.24) is 19.4 Å². The van der Waals surface area contributed by atoms with Crippen LogP contribution in [0, 0.1) is 6.92 Å². The van der Waals surface area contributed by atoms with Gasteiger partial charge in [-0.2, -0.15) is 0 Å². The molecule has 1 saturated heterocycles. The first kappa shape index (κ1) is 17.9. The van der Waals surface area contributed by atoms with Crippen molar-refractivity contribution in [2.45, 2.75) is 19.9 Å². The van der Waals surface area contributed by atoms with Gasteiger partial charge in [-0.25, -0.2) is 4.98 Å². The molecule has 140 valence electrons. The lowest BCUT2D eigenvalue weighted by molar-refractivity contribution is -0.132. The van der Waals surface area contributed by atoms with E-state index >= 15 is 0 Å². The topological polar surface area (TPSA) is 41.4 Å². The second-order valence-corrected chi connectivity index (χ2v) is 8.01. The Morgan fingerprint density at radius 2 is 1.78 bits per heavy atom. The molecule has 5 nitrogen and oxygen atoms in total. The molecule has 1 aliphatic rings. The fourth-order valence-electron chi connectivity index (χ4n) is 3.44. The van der Waals surface area contributed by atoms with Crippen LogP contribution >= 0.6 is 11.3 Å². The summed E-state index contributed by atoms with van der Waals surface area (Å²) in [6.45, 7) is 6.33. The number of nitrogens with zero attached hydrogens (tertiary/aromatic N) is 4. The summed E-state index contributed by atoms with van der Waals surface area (Å²) in [7, 11) is 0. The predicted octanol–water partition coefficient (Wildman–Crippen LogP) is 3.13. The maximum atomic E-state index is 12.6. The minimum atomic E-state index is 0.216. The summed E-state index contributed by atoms with van der Waals surface area (Å²) in [5.41, 5.74) is 3.32. The highest BCUT2D eigenvalue weighted by molar-refractivity contribution is 7.09. The van der Waals surface area contributed by atoms with Crippen molar-refractivity contribution in [3.05, 3.63) is 70.4 Å². The number of aromatic nitrogens is 2. The molecule has 3 aromatic rings. The number of rotatable bonds is 5. The van der Waals surface area contributed by atoms with Crippen LogP contribution in [0.4, 0.5) is 0 Å². The van der Waals surface area contributed by atoms with Gasteiger partial charge in [0.05, 0.1) is 17.1 Å². The SMILES string of the molecule is Cc1nc(CN2CCN(C(=O)Cc3ccc(-n4cccc4)cc3)CC2)cs1. The summed E-state index contributed by atoms with van der Waals surface area (Å²) in [5.74, 6) is 0.216. The van der Waals surface area contributed by atoms with E-state index in [0.717, 1.165) is 54.7 Å². The summed E-state index contributed by atoms with van der Waals surface area (Å²) in [6.07, 6.45) is 4.51. The molecule has 3 heterocycles. The van der Waals surface area contributed by atoms with Gasteiger partial charge < -0.3 is 9.47 Å². The Hall–Kier alpha value is -2.44. The largest absolute Gasteiger partial charge is 0.340 e. The highest BCUT2D eigenvalue weighted by atomic mass is 32.1. The summed E-state index contributed by atoms with van der Waals surface area (Å²) in [5, 5.41) is 3.24. The van der Waals surface area contributed by atoms with Crippen LogP contribution in [0.3, 0.4) is 0 Å². The number of carbonyl (C=O) groups is 1. The van der Waals surface area contributed by atoms with Crippen LogP contribution < -0.4 is 0 Å². The maximum Gasteiger partial charge on any atom is 0.227 e. The first-order valence-corrected chi connectivity index (χ1v) is 10.2. The number of benzene rings is 1. The second kappa shape index (κ2) is 8.06. The first-order valence-electron chi connectivity index (χ1n) is 9.31. The second-order valence-electron chi connectivity index (χ2n) is 6.95. The molecule has 0 aliphatic carbocycles. The van der Waals surface area contributed by atoms with Crippen molar-refractivity contribution in [3.63, 3.8) is 0 Å². The van der Waals surface area contributed by atoms with Gasteiger partial charge in [0.15, 0.2) is 0 Å². The van der Waals surface area contributed by atoms with Gasteiger partial charge in [0.2, 0.25) is 5.91 Å². The maximum absolute atomic E-state index is 12.6. The minimum absolute atomic E-state index is 0.216. The normalized spacial score (nSPS) is 15.2. The molecule has 0 unspecified atom stereocenters. The van der Waals surface area contributed by atoms with Crippen molar-refractivity contribution in [2.24, 2.45) is 0 Å². The third kappa shape index (κ3) is 4.46. The Kier molecular flexibility index (Phi) is 5.36. The zero-order valence-corrected chi connectivity index (χ0v) is 16.4. The zero-order valence-electron chi connectivity index (χ0n) is 15.5. The monoisotopic (exact) mass is 380 g/mol. The van der Waals surface area contributed by atoms with Gasteiger partial charge >= 0.3 is 0 Å². The molecular weight excluding hydrogens is 356 g/mol. The molecule has 0 spiro atoms. The van der Waals surface area contributed by atoms with E-state index < -0.39 is 0 Å². The van der Waals surface area contributed by atoms with Gasteiger partial charge in [-0.05, 0) is 36.8 Å². The smallest absolute Gasteiger partial charge is 0.227 e. The van der Waals surface area contributed by atoms with E-state index in [1.165, 1.54) is 0 Å². The average molecular weight is 381 g/mol. The molecule has 0 N–H and O–H groups in total. The lowest BCUT2D eigenvalue weighted by Gasteiger charge is -2.34. The summed E-state index contributed by atoms with van der Waals surface area (Å²) in [4.78, 5) is 21.5. The molecule has 1 aromatic carbocycles. The van der Waals surface area contributed by atoms with Crippen molar-refractivity contribution in [3.8, 4) is 5.69 Å². The Morgan fingerprint density at radius 1 is 1.07 bits per heavy atom. The number of thiazole rings is 1. The molecule has 1 amide bonds. The van der Waals surface area contributed by atoms with E-state index in [1.54, 1.807) is 11.3 Å². The predicted molar refractivity (Wildman–Crippen MR) is 108 cm³/mol. The summed E-state index contributed by atoms with van der Waals surface area (Å²) < 4.78 is 2.06. The number of piperazine rings is 1. The van der Waals surface area contributed by atoms with Crippen LogP contribution in [0.2, 0.25) is 0 Å². The highest BCUT2D eigenvalue weighted by Gasteiger charge is 2.21. The van der Waals surface area contributed by atoms with E-state index in [-0.39, 0.29) is 5.91 Å². The summed E-state index contributed by atoms with van der Waals surface area (Å²) >= 11 is 1.70. The lowest BCUT2D eigenvalue weighted by Crippen LogP contribution is -2.48. The Balaban J connectivity index is 1.28. The van der Waals surface area contributed by atoms with Gasteiger partial charge in [-0.1, -0.05) is 12.1 Å². The number of amides is 1. The highest BCUT2D eigenvalue weighted by Crippen LogP contribution is 2.14. The Morgan fingerprint density at radius 3 is 2.41 bits per heavy atom. The van der Waals surface area contributed by atoms with Crippen LogP contribution in [-0.2, 0) is 17.8 Å². The minimum Gasteiger partial charge on any atom is -0.340 e. The van der Waals surface area contributed by atoms with E-state index in [0.29, 0.717) is 6.42 Å². The van der Waals surface area contributed by atoms with Crippen molar-refractivity contribution in [2.75, 3.05) is 26.2 Å². The number of aryl methyl sites for hydroxylation is 1. The quantitative estimate of drug-likeness (QED) is 0.683. The Bertz CT molecular complexity index is 877. The molecule has 0 radical (unpaired) electrons. The van der Waals surface area contributed by atoms with Gasteiger partial charge in [0, 0.05) is 56.2 Å². The molecule has 27 heavy (non-hydrogen) atoms. The number of hydrogen-bond donors (Lipinski definition) is 0. The Labute approximate surface area is 163 Å². The van der Waals surface area contributed by atoms with Crippen molar-refractivity contribution in [1.29, 1.82) is 0 Å². The average Bonchev–Trinajstić information content (AvgIpc) is 3.35. The van der Waals surface area contributed by atoms with Crippen LogP contribution in [0.25, 0.3) is 5.69 Å². The molecular formula is C21H24N4OS. The summed E-state index contributed by atoms with van der Waals surface area (Å²) in [6, 6.07) is 12.2. The molecule has 2 aromatic heterocycles. The molecule has 0 atom stereocenters. The van der Waals surface area contributed by atoms with Crippen molar-refractivity contribution >= 4 is 17.2 Å². The van der Waals surface area contributed by atoms with E-state index in [4.69, 9.17) is 0 Å². The number of hydrogen-bond acceptors (Lipinski definition) is 4. The van der Waals surface area contributed by atoms with Crippen LogP contribution in [-0.4, -0.2) is 51.4 Å². The van der Waals surface area contributed by atoms with Crippen LogP contribution in [0.1, 0.15) is 16.3 Å². The fourth-order valence-corrected chi connectivity index (χ4v) is 4.05. The van der Waals surface area contributed by atoms with Crippen molar-refractivity contribution < 1.29 is 4.79 Å². The van der Waals surface area contributed by atoms with Gasteiger partial charge in [0.1, 0.15) is 0 Å². The van der Waals surface area contributed by atoms with Crippen LogP contribution in [0.15, 0.2) is 54.2 Å². The zero-order chi connectivity index (χ0) is 18.6. The fraction of sp³-hybridized carbons (Fsp3) is 0.333. The molecule has 4 rings (SSSR count). The van der Waals surface area contributed by atoms with Gasteiger partial charge in [-0.15, -0.1) is 11.3 Å². The standard InChI is InChI=1S/C21H24N4OS/c1-17-22-19(16-27-17)15-23-10-12-25(13-11-23)21(26)14-18-4-6-20(7-5-18)24-8-2-3-9-24/h2-9,16H,10-15H2,1H3. The van der Waals surface area contributed by atoms with Gasteiger partial charge in [0.25, 0.3) is 0 Å². The molecule has 6 heteroatoms. The van der Waals surface area contributed by atoms with E-state index in [9.17, 15) is 4.79 Å². The van der Waals surface area contributed by atoms with E-state index in [1.807, 2.05) is 48.5 Å². The molecule has 0 bridgehead atoms. The van der Waals surface area contributed by atoms with Gasteiger partial charge in [-0.3, -0.25) is 9.69 Å². The molecule has 1 fully saturated rings. The third-order valence-electron chi connectivity index (χ3n) is 4.97. The van der Waals surface area contributed by atoms with Crippen LogP contribution in [0.5, 0.6) is 0 Å². The lowest BCUT2D eigenvalue weighted by atomic mass is 10.1. The molecule has 1 aliphatic heterocycles. The molecule has 0 saturated carbocycles.